The minimum absolute atomic E-state index is 0.196. The second kappa shape index (κ2) is 11.6. The van der Waals surface area contributed by atoms with Crippen molar-refractivity contribution in [3.8, 4) is 11.5 Å². The Hall–Kier alpha value is -3.69. The Labute approximate surface area is 226 Å². The zero-order chi connectivity index (χ0) is 26.4. The van der Waals surface area contributed by atoms with E-state index in [1.54, 1.807) is 37.5 Å². The van der Waals surface area contributed by atoms with Gasteiger partial charge in [-0.2, -0.15) is 5.10 Å². The highest BCUT2D eigenvalue weighted by Crippen LogP contribution is 2.40. The van der Waals surface area contributed by atoms with Crippen LogP contribution >= 0.6 is 23.8 Å². The van der Waals surface area contributed by atoms with Crippen molar-refractivity contribution in [3.05, 3.63) is 82.6 Å². The van der Waals surface area contributed by atoms with Gasteiger partial charge >= 0.3 is 5.97 Å². The third-order valence-corrected chi connectivity index (χ3v) is 6.45. The molecule has 1 aliphatic rings. The fraction of sp³-hybridized carbons (Fsp3) is 0.259. The first-order chi connectivity index (χ1) is 17.8. The molecule has 1 aliphatic heterocycles. The Morgan fingerprint density at radius 1 is 1.27 bits per heavy atom. The molecule has 2 N–H and O–H groups in total. The van der Waals surface area contributed by atoms with Crippen LogP contribution in [0.3, 0.4) is 0 Å². The quantitative estimate of drug-likeness (QED) is 0.235. The Bertz CT molecular complexity index is 1340. The molecular formula is C27H27ClN4O4S. The van der Waals surface area contributed by atoms with Gasteiger partial charge in [-0.05, 0) is 75.0 Å². The van der Waals surface area contributed by atoms with E-state index >= 15 is 0 Å². The van der Waals surface area contributed by atoms with Crippen LogP contribution in [-0.2, 0) is 15.1 Å². The highest BCUT2D eigenvalue weighted by molar-refractivity contribution is 7.80. The van der Waals surface area contributed by atoms with E-state index in [1.807, 2.05) is 44.2 Å². The van der Waals surface area contributed by atoms with Gasteiger partial charge in [0.1, 0.15) is 17.1 Å². The van der Waals surface area contributed by atoms with Crippen LogP contribution in [0.5, 0.6) is 11.5 Å². The maximum Gasteiger partial charge on any atom is 0.344 e. The summed E-state index contributed by atoms with van der Waals surface area (Å²) in [4.78, 5) is 16.0. The summed E-state index contributed by atoms with van der Waals surface area (Å²) < 4.78 is 17.0. The number of aromatic nitrogens is 1. The van der Waals surface area contributed by atoms with Crippen LogP contribution in [-0.4, -0.2) is 35.0 Å². The minimum atomic E-state index is -0.715. The standard InChI is InChI=1S/C27H27ClN4O4S/c1-4-34-25(33)16-35-19-10-11-24-20(13-19)23(14-27(3,36-24)18-7-6-12-29-15-18)31-32-26(37)30-22-9-5-8-21(28)17(22)2/h5-13,15H,4,14,16H2,1-3H3,(H2,30,32,37)/b31-23-/t27-/m0/s1. The SMILES string of the molecule is CCOC(=O)COc1ccc2c(c1)/C(=N\NC(=S)Nc1cccc(Cl)c1C)C[C@@](C)(c1cccnc1)O2. The average Bonchev–Trinajstić information content (AvgIpc) is 2.89. The lowest BCUT2D eigenvalue weighted by Gasteiger charge is -2.36. The predicted molar refractivity (Wildman–Crippen MR) is 147 cm³/mol. The number of nitrogens with zero attached hydrogens (tertiary/aromatic N) is 2. The zero-order valence-electron chi connectivity index (χ0n) is 20.7. The summed E-state index contributed by atoms with van der Waals surface area (Å²) >= 11 is 11.7. The summed E-state index contributed by atoms with van der Waals surface area (Å²) in [5, 5.41) is 8.72. The van der Waals surface area contributed by atoms with E-state index in [9.17, 15) is 4.79 Å². The predicted octanol–water partition coefficient (Wildman–Crippen LogP) is 5.37. The van der Waals surface area contributed by atoms with Gasteiger partial charge < -0.3 is 19.5 Å². The lowest BCUT2D eigenvalue weighted by molar-refractivity contribution is -0.145. The molecule has 0 unspecified atom stereocenters. The number of hydrogen-bond acceptors (Lipinski definition) is 7. The highest BCUT2D eigenvalue weighted by atomic mass is 35.5. The lowest BCUT2D eigenvalue weighted by atomic mass is 9.86. The Balaban J connectivity index is 1.61. The number of benzene rings is 2. The number of fused-ring (bicyclic) bond motifs is 1. The number of carbonyl (C=O) groups is 1. The Morgan fingerprint density at radius 2 is 2.11 bits per heavy atom. The number of halogens is 1. The van der Waals surface area contributed by atoms with Gasteiger partial charge in [0, 0.05) is 40.7 Å². The lowest BCUT2D eigenvalue weighted by Crippen LogP contribution is -2.38. The molecule has 2 aromatic carbocycles. The Morgan fingerprint density at radius 3 is 2.86 bits per heavy atom. The van der Waals surface area contributed by atoms with Crippen molar-refractivity contribution in [1.82, 2.24) is 10.4 Å². The number of ether oxygens (including phenoxy) is 3. The number of hydrogen-bond donors (Lipinski definition) is 2. The largest absolute Gasteiger partial charge is 0.482 e. The third kappa shape index (κ3) is 6.36. The number of thiocarbonyl (C=S) groups is 1. The van der Waals surface area contributed by atoms with E-state index in [0.29, 0.717) is 33.8 Å². The molecule has 3 aromatic rings. The van der Waals surface area contributed by atoms with Gasteiger partial charge in [-0.25, -0.2) is 4.79 Å². The maximum absolute atomic E-state index is 11.7. The van der Waals surface area contributed by atoms with Crippen molar-refractivity contribution >= 4 is 46.3 Å². The van der Waals surface area contributed by atoms with Gasteiger partial charge in [0.25, 0.3) is 0 Å². The number of pyridine rings is 1. The molecule has 0 fully saturated rings. The van der Waals surface area contributed by atoms with E-state index in [2.05, 4.69) is 20.8 Å². The second-order valence-corrected chi connectivity index (χ2v) is 9.36. The smallest absolute Gasteiger partial charge is 0.344 e. The summed E-state index contributed by atoms with van der Waals surface area (Å²) in [6.45, 7) is 5.73. The van der Waals surface area contributed by atoms with Crippen LogP contribution in [0.2, 0.25) is 5.02 Å². The molecular weight excluding hydrogens is 512 g/mol. The molecule has 0 spiro atoms. The molecule has 1 atom stereocenters. The summed E-state index contributed by atoms with van der Waals surface area (Å²) in [5.41, 5.74) is 6.22. The van der Waals surface area contributed by atoms with Crippen molar-refractivity contribution in [3.63, 3.8) is 0 Å². The van der Waals surface area contributed by atoms with Crippen molar-refractivity contribution < 1.29 is 19.0 Å². The number of carbonyl (C=O) groups excluding carboxylic acids is 1. The zero-order valence-corrected chi connectivity index (χ0v) is 22.3. The summed E-state index contributed by atoms with van der Waals surface area (Å²) in [7, 11) is 0. The van der Waals surface area contributed by atoms with Crippen molar-refractivity contribution in [1.29, 1.82) is 0 Å². The third-order valence-electron chi connectivity index (χ3n) is 5.84. The van der Waals surface area contributed by atoms with Crippen molar-refractivity contribution in [2.24, 2.45) is 5.10 Å². The fourth-order valence-electron chi connectivity index (χ4n) is 3.90. The van der Waals surface area contributed by atoms with Crippen LogP contribution in [0, 0.1) is 6.92 Å². The maximum atomic E-state index is 11.7. The van der Waals surface area contributed by atoms with Crippen LogP contribution in [0.4, 0.5) is 5.69 Å². The van der Waals surface area contributed by atoms with Crippen LogP contribution < -0.4 is 20.2 Å². The first kappa shape index (κ1) is 26.4. The van der Waals surface area contributed by atoms with Crippen LogP contribution in [0.1, 0.15) is 37.0 Å². The van der Waals surface area contributed by atoms with Gasteiger partial charge in [0.15, 0.2) is 11.7 Å². The molecule has 192 valence electrons. The van der Waals surface area contributed by atoms with Gasteiger partial charge in [-0.15, -0.1) is 0 Å². The Kier molecular flexibility index (Phi) is 8.25. The molecule has 37 heavy (non-hydrogen) atoms. The van der Waals surface area contributed by atoms with Crippen LogP contribution in [0.25, 0.3) is 0 Å². The summed E-state index contributed by atoms with van der Waals surface area (Å²) in [6, 6.07) is 14.7. The molecule has 0 aliphatic carbocycles. The van der Waals surface area contributed by atoms with Crippen molar-refractivity contribution in [2.45, 2.75) is 32.8 Å². The average molecular weight is 539 g/mol. The first-order valence-electron chi connectivity index (χ1n) is 11.7. The fourth-order valence-corrected chi connectivity index (χ4v) is 4.23. The van der Waals surface area contributed by atoms with E-state index in [0.717, 1.165) is 22.4 Å². The van der Waals surface area contributed by atoms with E-state index in [-0.39, 0.29) is 13.2 Å². The van der Waals surface area contributed by atoms with Crippen LogP contribution in [0.15, 0.2) is 66.0 Å². The molecule has 0 saturated carbocycles. The number of esters is 1. The number of rotatable bonds is 7. The molecule has 2 heterocycles. The van der Waals surface area contributed by atoms with E-state index in [4.69, 9.17) is 38.0 Å². The number of anilines is 1. The van der Waals surface area contributed by atoms with Gasteiger partial charge in [0.2, 0.25) is 0 Å². The summed E-state index contributed by atoms with van der Waals surface area (Å²) in [5.74, 6) is 0.665. The molecule has 0 radical (unpaired) electrons. The van der Waals surface area contributed by atoms with Gasteiger partial charge in [0.05, 0.1) is 12.3 Å². The van der Waals surface area contributed by atoms with E-state index < -0.39 is 11.6 Å². The van der Waals surface area contributed by atoms with Gasteiger partial charge in [-0.3, -0.25) is 10.4 Å². The van der Waals surface area contributed by atoms with Gasteiger partial charge in [-0.1, -0.05) is 23.7 Å². The molecule has 8 nitrogen and oxygen atoms in total. The first-order valence-corrected chi connectivity index (χ1v) is 12.5. The molecule has 4 rings (SSSR count). The topological polar surface area (TPSA) is 94.1 Å². The highest BCUT2D eigenvalue weighted by Gasteiger charge is 2.37. The van der Waals surface area contributed by atoms with Crippen molar-refractivity contribution in [2.75, 3.05) is 18.5 Å². The molecule has 0 bridgehead atoms. The summed E-state index contributed by atoms with van der Waals surface area (Å²) in [6.07, 6.45) is 3.93. The molecule has 1 aromatic heterocycles. The minimum Gasteiger partial charge on any atom is -0.482 e. The number of hydrazone groups is 1. The number of nitrogens with one attached hydrogen (secondary N) is 2. The molecule has 10 heteroatoms. The molecule has 0 amide bonds. The second-order valence-electron chi connectivity index (χ2n) is 8.54. The molecule has 0 saturated heterocycles. The van der Waals surface area contributed by atoms with E-state index in [1.165, 1.54) is 0 Å². The normalized spacial score (nSPS) is 17.4. The monoisotopic (exact) mass is 538 g/mol.